The van der Waals surface area contributed by atoms with E-state index in [1.54, 1.807) is 0 Å². The van der Waals surface area contributed by atoms with Gasteiger partial charge in [-0.2, -0.15) is 0 Å². The van der Waals surface area contributed by atoms with Crippen LogP contribution in [0.5, 0.6) is 0 Å². The van der Waals surface area contributed by atoms with Gasteiger partial charge >= 0.3 is 0 Å². The van der Waals surface area contributed by atoms with Gasteiger partial charge in [-0.05, 0) is 35.4 Å². The Balaban J connectivity index is 2.89. The van der Waals surface area contributed by atoms with Crippen molar-refractivity contribution in [3.05, 3.63) is 53.9 Å². The fraction of sp³-hybridized carbons (Fsp3) is 0. The van der Waals surface area contributed by atoms with E-state index in [-0.39, 0.29) is 0 Å². The third kappa shape index (κ3) is 1.19. The molecule has 59 valence electrons. The van der Waals surface area contributed by atoms with Gasteiger partial charge in [0.05, 0.1) is 0 Å². The smallest absolute Gasteiger partial charge is 0.0415 e. The molecule has 0 aliphatic heterocycles. The number of benzene rings is 2. The average molecular weight is 176 g/mol. The van der Waals surface area contributed by atoms with Crippen LogP contribution >= 0.6 is 11.6 Å². The molecule has 0 aliphatic rings. The van der Waals surface area contributed by atoms with Gasteiger partial charge in [0.2, 0.25) is 0 Å². The zero-order valence-electron chi connectivity index (χ0n) is 6.55. The molecule has 12 heavy (non-hydrogen) atoms. The summed E-state index contributed by atoms with van der Waals surface area (Å²) >= 11 is 5.88. The van der Waals surface area contributed by atoms with Crippen LogP contribution in [0.4, 0.5) is 0 Å². The summed E-state index contributed by atoms with van der Waals surface area (Å²) in [5, 5.41) is 3.07. The van der Waals surface area contributed by atoms with E-state index in [0.29, 0.717) is 0 Å². The SMILES string of the molecule is [CH2]c1cc(Cl)cc2ccccc12. The number of rotatable bonds is 0. The molecule has 0 nitrogen and oxygen atoms in total. The molecule has 0 fully saturated rings. The van der Waals surface area contributed by atoms with Crippen molar-refractivity contribution in [1.82, 2.24) is 0 Å². The van der Waals surface area contributed by atoms with E-state index in [0.717, 1.165) is 16.0 Å². The molecule has 0 bridgehead atoms. The summed E-state index contributed by atoms with van der Waals surface area (Å²) in [6.07, 6.45) is 0. The molecule has 0 aromatic heterocycles. The first-order valence-corrected chi connectivity index (χ1v) is 4.15. The Bertz CT molecular complexity index is 418. The Hall–Kier alpha value is -1.01. The van der Waals surface area contributed by atoms with E-state index < -0.39 is 0 Å². The lowest BCUT2D eigenvalue weighted by Gasteiger charge is -2.01. The fourth-order valence-corrected chi connectivity index (χ4v) is 1.60. The Morgan fingerprint density at radius 3 is 2.67 bits per heavy atom. The van der Waals surface area contributed by atoms with Crippen molar-refractivity contribution in [2.75, 3.05) is 0 Å². The molecule has 0 atom stereocenters. The van der Waals surface area contributed by atoms with Crippen LogP contribution in [-0.2, 0) is 0 Å². The summed E-state index contributed by atoms with van der Waals surface area (Å²) < 4.78 is 0. The van der Waals surface area contributed by atoms with Gasteiger partial charge in [-0.15, -0.1) is 0 Å². The lowest BCUT2D eigenvalue weighted by atomic mass is 10.1. The summed E-state index contributed by atoms with van der Waals surface area (Å²) in [7, 11) is 0. The molecule has 0 spiro atoms. The highest BCUT2D eigenvalue weighted by Crippen LogP contribution is 2.22. The minimum absolute atomic E-state index is 0.749. The van der Waals surface area contributed by atoms with Gasteiger partial charge < -0.3 is 0 Å². The lowest BCUT2D eigenvalue weighted by Crippen LogP contribution is -1.77. The van der Waals surface area contributed by atoms with Crippen LogP contribution in [0.3, 0.4) is 0 Å². The van der Waals surface area contributed by atoms with E-state index >= 15 is 0 Å². The predicted octanol–water partition coefficient (Wildman–Crippen LogP) is 3.68. The largest absolute Gasteiger partial charge is 0.0843 e. The average Bonchev–Trinajstić information content (AvgIpc) is 2.04. The van der Waals surface area contributed by atoms with Crippen molar-refractivity contribution < 1.29 is 0 Å². The predicted molar refractivity (Wildman–Crippen MR) is 53.4 cm³/mol. The zero-order chi connectivity index (χ0) is 8.55. The molecule has 1 radical (unpaired) electrons. The molecular weight excluding hydrogens is 168 g/mol. The van der Waals surface area contributed by atoms with Crippen molar-refractivity contribution in [2.45, 2.75) is 0 Å². The molecule has 2 aromatic carbocycles. The monoisotopic (exact) mass is 175 g/mol. The number of halogens is 1. The minimum Gasteiger partial charge on any atom is -0.0843 e. The Labute approximate surface area is 76.8 Å². The van der Waals surface area contributed by atoms with Crippen LogP contribution in [0, 0.1) is 6.92 Å². The van der Waals surface area contributed by atoms with Crippen LogP contribution in [0.25, 0.3) is 10.8 Å². The molecule has 0 aliphatic carbocycles. The number of hydrogen-bond acceptors (Lipinski definition) is 0. The van der Waals surface area contributed by atoms with Crippen molar-refractivity contribution >= 4 is 22.4 Å². The Morgan fingerprint density at radius 2 is 1.83 bits per heavy atom. The van der Waals surface area contributed by atoms with E-state index in [1.807, 2.05) is 36.4 Å². The molecule has 0 heterocycles. The minimum atomic E-state index is 0.749. The lowest BCUT2D eigenvalue weighted by molar-refractivity contribution is 1.67. The van der Waals surface area contributed by atoms with Crippen LogP contribution < -0.4 is 0 Å². The van der Waals surface area contributed by atoms with E-state index in [9.17, 15) is 0 Å². The highest BCUT2D eigenvalue weighted by Gasteiger charge is 1.97. The van der Waals surface area contributed by atoms with Gasteiger partial charge in [0.15, 0.2) is 0 Å². The Morgan fingerprint density at radius 1 is 1.08 bits per heavy atom. The normalized spacial score (nSPS) is 10.5. The summed E-state index contributed by atoms with van der Waals surface area (Å²) in [5.41, 5.74) is 0.984. The Kier molecular flexibility index (Phi) is 1.78. The maximum absolute atomic E-state index is 5.88. The molecule has 0 unspecified atom stereocenters. The second kappa shape index (κ2) is 2.80. The molecule has 1 heteroatoms. The maximum atomic E-state index is 5.88. The zero-order valence-corrected chi connectivity index (χ0v) is 7.31. The standard InChI is InChI=1S/C11H8Cl/c1-8-6-10(12)7-9-4-2-3-5-11(8)9/h2-7H,1H2. The first kappa shape index (κ1) is 7.63. The van der Waals surface area contributed by atoms with Crippen LogP contribution in [-0.4, -0.2) is 0 Å². The second-order valence-electron chi connectivity index (χ2n) is 2.79. The molecular formula is C11H8Cl. The van der Waals surface area contributed by atoms with Crippen LogP contribution in [0.15, 0.2) is 36.4 Å². The highest BCUT2D eigenvalue weighted by molar-refractivity contribution is 6.31. The summed E-state index contributed by atoms with van der Waals surface area (Å²) in [6.45, 7) is 3.93. The second-order valence-corrected chi connectivity index (χ2v) is 3.22. The van der Waals surface area contributed by atoms with Gasteiger partial charge in [-0.25, -0.2) is 0 Å². The van der Waals surface area contributed by atoms with E-state index in [1.165, 1.54) is 5.39 Å². The van der Waals surface area contributed by atoms with Gasteiger partial charge in [0.1, 0.15) is 0 Å². The highest BCUT2D eigenvalue weighted by atomic mass is 35.5. The topological polar surface area (TPSA) is 0 Å². The fourth-order valence-electron chi connectivity index (χ4n) is 1.35. The first-order chi connectivity index (χ1) is 5.77. The van der Waals surface area contributed by atoms with E-state index in [4.69, 9.17) is 11.6 Å². The number of hydrogen-bond donors (Lipinski definition) is 0. The molecule has 0 amide bonds. The van der Waals surface area contributed by atoms with Gasteiger partial charge in [0.25, 0.3) is 0 Å². The first-order valence-electron chi connectivity index (χ1n) is 3.77. The quantitative estimate of drug-likeness (QED) is 0.573. The summed E-state index contributed by atoms with van der Waals surface area (Å²) in [4.78, 5) is 0. The third-order valence-corrected chi connectivity index (χ3v) is 2.13. The molecule has 0 saturated heterocycles. The molecule has 0 N–H and O–H groups in total. The van der Waals surface area contributed by atoms with Crippen molar-refractivity contribution in [3.63, 3.8) is 0 Å². The number of fused-ring (bicyclic) bond motifs is 1. The summed E-state index contributed by atoms with van der Waals surface area (Å²) in [5.74, 6) is 0. The van der Waals surface area contributed by atoms with Crippen molar-refractivity contribution in [2.24, 2.45) is 0 Å². The molecule has 0 saturated carbocycles. The van der Waals surface area contributed by atoms with Gasteiger partial charge in [0, 0.05) is 5.02 Å². The van der Waals surface area contributed by atoms with Crippen molar-refractivity contribution in [1.29, 1.82) is 0 Å². The van der Waals surface area contributed by atoms with Crippen LogP contribution in [0.1, 0.15) is 5.56 Å². The summed E-state index contributed by atoms with van der Waals surface area (Å²) in [6, 6.07) is 11.9. The molecule has 2 aromatic rings. The van der Waals surface area contributed by atoms with Crippen molar-refractivity contribution in [3.8, 4) is 0 Å². The third-order valence-electron chi connectivity index (χ3n) is 1.91. The van der Waals surface area contributed by atoms with Gasteiger partial charge in [-0.3, -0.25) is 0 Å². The molecule has 2 rings (SSSR count). The van der Waals surface area contributed by atoms with Crippen LogP contribution in [0.2, 0.25) is 5.02 Å². The van der Waals surface area contributed by atoms with E-state index in [2.05, 4.69) is 6.92 Å². The maximum Gasteiger partial charge on any atom is 0.0415 e. The van der Waals surface area contributed by atoms with Gasteiger partial charge in [-0.1, -0.05) is 35.9 Å².